The average molecular weight is 446 g/mol. The maximum absolute atomic E-state index is 11.6. The topological polar surface area (TPSA) is 86.5 Å². The van der Waals surface area contributed by atoms with Crippen molar-refractivity contribution in [1.82, 2.24) is 4.98 Å². The van der Waals surface area contributed by atoms with E-state index in [4.69, 9.17) is 9.47 Å². The van der Waals surface area contributed by atoms with Crippen LogP contribution in [0, 0.1) is 10.1 Å². The molecular formula is C20H20BrN3O4. The van der Waals surface area contributed by atoms with Gasteiger partial charge in [-0.3, -0.25) is 10.1 Å². The summed E-state index contributed by atoms with van der Waals surface area (Å²) < 4.78 is 11.5. The number of methoxy groups -OCH3 is 1. The zero-order chi connectivity index (χ0) is 20.1. The Morgan fingerprint density at radius 2 is 2.00 bits per heavy atom. The molecule has 2 aromatic carbocycles. The summed E-state index contributed by atoms with van der Waals surface area (Å²) >= 11 is 3.47. The van der Waals surface area contributed by atoms with Crippen molar-refractivity contribution in [2.75, 3.05) is 25.6 Å². The summed E-state index contributed by atoms with van der Waals surface area (Å²) in [6.45, 7) is 2.76. The number of ether oxygens (including phenoxy) is 2. The van der Waals surface area contributed by atoms with Gasteiger partial charge in [-0.1, -0.05) is 30.3 Å². The predicted molar refractivity (Wildman–Crippen MR) is 112 cm³/mol. The lowest BCUT2D eigenvalue weighted by Gasteiger charge is -2.18. The molecule has 0 bridgehead atoms. The third kappa shape index (κ3) is 4.40. The molecule has 0 saturated carbocycles. The summed E-state index contributed by atoms with van der Waals surface area (Å²) in [4.78, 5) is 15.4. The Hall–Kier alpha value is -2.71. The van der Waals surface area contributed by atoms with Crippen molar-refractivity contribution in [2.45, 2.75) is 13.0 Å². The van der Waals surface area contributed by atoms with E-state index in [-0.39, 0.29) is 11.7 Å². The highest BCUT2D eigenvalue weighted by Crippen LogP contribution is 2.38. The number of anilines is 1. The van der Waals surface area contributed by atoms with Gasteiger partial charge in [-0.2, -0.15) is 0 Å². The van der Waals surface area contributed by atoms with Gasteiger partial charge >= 0.3 is 5.69 Å². The molecule has 146 valence electrons. The minimum atomic E-state index is -0.431. The van der Waals surface area contributed by atoms with E-state index < -0.39 is 4.92 Å². The Labute approximate surface area is 171 Å². The van der Waals surface area contributed by atoms with Crippen LogP contribution in [0.3, 0.4) is 0 Å². The van der Waals surface area contributed by atoms with Crippen LogP contribution in [0.15, 0.2) is 53.1 Å². The number of fused-ring (bicyclic) bond motifs is 1. The number of pyridine rings is 1. The molecule has 28 heavy (non-hydrogen) atoms. The Morgan fingerprint density at radius 3 is 2.68 bits per heavy atom. The monoisotopic (exact) mass is 445 g/mol. The Kier molecular flexibility index (Phi) is 6.43. The summed E-state index contributed by atoms with van der Waals surface area (Å²) in [6, 6.07) is 13.2. The molecule has 0 fully saturated rings. The van der Waals surface area contributed by atoms with Gasteiger partial charge in [0.05, 0.1) is 21.5 Å². The first-order chi connectivity index (χ1) is 13.5. The van der Waals surface area contributed by atoms with Gasteiger partial charge in [0.1, 0.15) is 24.2 Å². The van der Waals surface area contributed by atoms with Crippen LogP contribution in [-0.4, -0.2) is 30.2 Å². The Bertz CT molecular complexity index is 982. The summed E-state index contributed by atoms with van der Waals surface area (Å²) in [5.41, 5.74) is 1.98. The molecule has 0 aliphatic heterocycles. The van der Waals surface area contributed by atoms with E-state index in [1.165, 1.54) is 6.20 Å². The molecule has 0 aliphatic carbocycles. The highest BCUT2D eigenvalue weighted by Gasteiger charge is 2.21. The quantitative estimate of drug-likeness (QED) is 0.294. The van der Waals surface area contributed by atoms with Crippen LogP contribution in [0.1, 0.15) is 18.5 Å². The first kappa shape index (κ1) is 20.0. The van der Waals surface area contributed by atoms with Gasteiger partial charge < -0.3 is 14.8 Å². The van der Waals surface area contributed by atoms with E-state index >= 15 is 0 Å². The normalized spacial score (nSPS) is 12.0. The molecule has 8 heteroatoms. The lowest BCUT2D eigenvalue weighted by Crippen LogP contribution is -2.09. The summed E-state index contributed by atoms with van der Waals surface area (Å²) in [5, 5.41) is 15.5. The van der Waals surface area contributed by atoms with Crippen molar-refractivity contribution in [3.8, 4) is 5.75 Å². The van der Waals surface area contributed by atoms with Crippen LogP contribution in [0.4, 0.5) is 11.4 Å². The number of rotatable bonds is 8. The molecule has 1 heterocycles. The largest absolute Gasteiger partial charge is 0.490 e. The number of halogens is 1. The Balaban J connectivity index is 2.07. The molecule has 0 aliphatic rings. The smallest absolute Gasteiger partial charge is 0.311 e. The van der Waals surface area contributed by atoms with E-state index in [0.717, 1.165) is 10.0 Å². The second-order valence-corrected chi connectivity index (χ2v) is 7.05. The fraction of sp³-hybridized carbons (Fsp3) is 0.250. The second kappa shape index (κ2) is 8.99. The molecule has 1 unspecified atom stereocenters. The number of hydrogen-bond donors (Lipinski definition) is 1. The first-order valence-corrected chi connectivity index (χ1v) is 9.50. The number of aromatic nitrogens is 1. The average Bonchev–Trinajstić information content (AvgIpc) is 2.69. The second-order valence-electron chi connectivity index (χ2n) is 6.19. The van der Waals surface area contributed by atoms with E-state index in [1.807, 2.05) is 37.3 Å². The molecule has 3 aromatic rings. The zero-order valence-corrected chi connectivity index (χ0v) is 17.1. The number of benzene rings is 2. The fourth-order valence-corrected chi connectivity index (χ4v) is 3.31. The van der Waals surface area contributed by atoms with E-state index in [0.29, 0.717) is 35.6 Å². The molecule has 0 spiro atoms. The highest BCUT2D eigenvalue weighted by molar-refractivity contribution is 9.10. The van der Waals surface area contributed by atoms with Crippen LogP contribution >= 0.6 is 15.9 Å². The van der Waals surface area contributed by atoms with Crippen LogP contribution in [0.2, 0.25) is 0 Å². The number of nitrogens with one attached hydrogen (secondary N) is 1. The van der Waals surface area contributed by atoms with Crippen molar-refractivity contribution in [1.29, 1.82) is 0 Å². The van der Waals surface area contributed by atoms with Crippen molar-refractivity contribution in [2.24, 2.45) is 0 Å². The van der Waals surface area contributed by atoms with Gasteiger partial charge in [0.2, 0.25) is 0 Å². The lowest BCUT2D eigenvalue weighted by atomic mass is 10.1. The first-order valence-electron chi connectivity index (χ1n) is 8.71. The van der Waals surface area contributed by atoms with Gasteiger partial charge in [-0.25, -0.2) is 4.98 Å². The van der Waals surface area contributed by atoms with Gasteiger partial charge in [0.15, 0.2) is 0 Å². The molecule has 0 saturated heterocycles. The fourth-order valence-electron chi connectivity index (χ4n) is 2.86. The molecule has 1 atom stereocenters. The molecule has 1 N–H and O–H groups in total. The zero-order valence-electron chi connectivity index (χ0n) is 15.5. The Morgan fingerprint density at radius 1 is 1.25 bits per heavy atom. The summed E-state index contributed by atoms with van der Waals surface area (Å²) in [5.74, 6) is 0.572. The van der Waals surface area contributed by atoms with Crippen molar-refractivity contribution >= 4 is 38.2 Å². The maximum atomic E-state index is 11.6. The summed E-state index contributed by atoms with van der Waals surface area (Å²) in [6.07, 6.45) is 1.28. The molecule has 1 aromatic heterocycles. The molecule has 0 amide bonds. The number of nitro groups is 1. The third-order valence-corrected chi connectivity index (χ3v) is 4.92. The van der Waals surface area contributed by atoms with Gasteiger partial charge in [0, 0.05) is 18.5 Å². The standard InChI is InChI=1S/C20H20BrN3O4/c1-13(14-6-4-3-5-7-14)23-20-15-10-19(28-9-8-27-2)16(21)11-17(15)22-12-18(20)24(25)26/h3-7,10-13H,8-9H2,1-2H3,(H,22,23). The molecule has 7 nitrogen and oxygen atoms in total. The maximum Gasteiger partial charge on any atom is 0.311 e. The number of hydrogen-bond acceptors (Lipinski definition) is 6. The molecule has 3 rings (SSSR count). The van der Waals surface area contributed by atoms with Crippen molar-refractivity contribution in [3.63, 3.8) is 0 Å². The van der Waals surface area contributed by atoms with Crippen LogP contribution < -0.4 is 10.1 Å². The molecule has 0 radical (unpaired) electrons. The number of nitrogens with zero attached hydrogens (tertiary/aromatic N) is 2. The van der Waals surface area contributed by atoms with Crippen molar-refractivity contribution < 1.29 is 14.4 Å². The van der Waals surface area contributed by atoms with Crippen LogP contribution in [0.5, 0.6) is 5.75 Å². The van der Waals surface area contributed by atoms with E-state index in [9.17, 15) is 10.1 Å². The third-order valence-electron chi connectivity index (χ3n) is 4.30. The van der Waals surface area contributed by atoms with Crippen molar-refractivity contribution in [3.05, 3.63) is 68.8 Å². The summed E-state index contributed by atoms with van der Waals surface area (Å²) in [7, 11) is 1.60. The SMILES string of the molecule is COCCOc1cc2c(NC(C)c3ccccc3)c([N+](=O)[O-])cnc2cc1Br. The molecular weight excluding hydrogens is 426 g/mol. The highest BCUT2D eigenvalue weighted by atomic mass is 79.9. The predicted octanol–water partition coefficient (Wildman–Crippen LogP) is 5.10. The minimum Gasteiger partial charge on any atom is -0.490 e. The van der Waals surface area contributed by atoms with E-state index in [1.54, 1.807) is 19.2 Å². The van der Waals surface area contributed by atoms with Gasteiger partial charge in [0.25, 0.3) is 0 Å². The van der Waals surface area contributed by atoms with Gasteiger partial charge in [-0.15, -0.1) is 0 Å². The van der Waals surface area contributed by atoms with Crippen LogP contribution in [-0.2, 0) is 4.74 Å². The lowest BCUT2D eigenvalue weighted by molar-refractivity contribution is -0.384. The minimum absolute atomic E-state index is 0.0829. The van der Waals surface area contributed by atoms with Crippen LogP contribution in [0.25, 0.3) is 10.9 Å². The van der Waals surface area contributed by atoms with Gasteiger partial charge in [-0.05, 0) is 40.5 Å². The van der Waals surface area contributed by atoms with E-state index in [2.05, 4.69) is 26.2 Å².